The Morgan fingerprint density at radius 3 is 2.58 bits per heavy atom. The molecule has 0 radical (unpaired) electrons. The predicted molar refractivity (Wildman–Crippen MR) is 101 cm³/mol. The van der Waals surface area contributed by atoms with Crippen LogP contribution < -0.4 is 10.9 Å². The van der Waals surface area contributed by atoms with Crippen molar-refractivity contribution in [3.8, 4) is 0 Å². The van der Waals surface area contributed by atoms with Gasteiger partial charge in [0.25, 0.3) is 11.8 Å². The number of nitrogens with zero attached hydrogens (tertiary/aromatic N) is 2. The minimum Gasteiger partial charge on any atom is -0.318 e. The topological polar surface area (TPSA) is 76.0 Å². The molecule has 6 nitrogen and oxygen atoms in total. The molecule has 0 saturated carbocycles. The van der Waals surface area contributed by atoms with Gasteiger partial charge in [-0.05, 0) is 30.3 Å². The Morgan fingerprint density at radius 2 is 1.85 bits per heavy atom. The Labute approximate surface area is 160 Å². The average molecular weight is 391 g/mol. The first-order valence-corrected chi connectivity index (χ1v) is 8.73. The molecule has 0 aliphatic rings. The number of imidazole rings is 1. The summed E-state index contributed by atoms with van der Waals surface area (Å²) in [6.07, 6.45) is 0.692. The summed E-state index contributed by atoms with van der Waals surface area (Å²) in [5, 5.41) is 0.620. The van der Waals surface area contributed by atoms with E-state index in [1.807, 2.05) is 35.8 Å². The molecule has 2 N–H and O–H groups in total. The summed E-state index contributed by atoms with van der Waals surface area (Å²) < 4.78 is 1.83. The van der Waals surface area contributed by atoms with Crippen LogP contribution in [0.15, 0.2) is 42.5 Å². The molecule has 0 fully saturated rings. The van der Waals surface area contributed by atoms with E-state index >= 15 is 0 Å². The van der Waals surface area contributed by atoms with E-state index in [9.17, 15) is 9.59 Å². The standard InChI is InChI=1S/C18H16Cl2N4O2/c1-2-16-21-14-5-3-4-6-15(14)24(16)10-17(25)22-23-18(26)11-7-8-12(19)13(20)9-11/h3-9H,2,10H2,1H3,(H,22,25)(H,23,26). The number of benzene rings is 2. The smallest absolute Gasteiger partial charge is 0.269 e. The van der Waals surface area contributed by atoms with Crippen molar-refractivity contribution in [1.29, 1.82) is 0 Å². The van der Waals surface area contributed by atoms with Crippen LogP contribution in [0.4, 0.5) is 0 Å². The molecule has 2 aromatic carbocycles. The van der Waals surface area contributed by atoms with Gasteiger partial charge in [0, 0.05) is 12.0 Å². The minimum absolute atomic E-state index is 0.0470. The lowest BCUT2D eigenvalue weighted by atomic mass is 10.2. The second-order valence-electron chi connectivity index (χ2n) is 5.59. The van der Waals surface area contributed by atoms with Crippen molar-refractivity contribution in [3.63, 3.8) is 0 Å². The zero-order valence-corrected chi connectivity index (χ0v) is 15.4. The number of para-hydroxylation sites is 2. The van der Waals surface area contributed by atoms with Crippen LogP contribution in [-0.4, -0.2) is 21.4 Å². The molecule has 0 saturated heterocycles. The molecule has 0 bridgehead atoms. The van der Waals surface area contributed by atoms with Crippen molar-refractivity contribution in [3.05, 3.63) is 63.9 Å². The Balaban J connectivity index is 1.68. The highest BCUT2D eigenvalue weighted by molar-refractivity contribution is 6.42. The number of hydrogen-bond donors (Lipinski definition) is 2. The van der Waals surface area contributed by atoms with Gasteiger partial charge in [0.05, 0.1) is 21.1 Å². The number of halogens is 2. The van der Waals surface area contributed by atoms with E-state index < -0.39 is 5.91 Å². The number of carbonyl (C=O) groups excluding carboxylic acids is 2. The molecule has 3 aromatic rings. The van der Waals surface area contributed by atoms with Crippen molar-refractivity contribution >= 4 is 46.0 Å². The van der Waals surface area contributed by atoms with Gasteiger partial charge >= 0.3 is 0 Å². The second-order valence-corrected chi connectivity index (χ2v) is 6.40. The highest BCUT2D eigenvalue weighted by Crippen LogP contribution is 2.22. The third-order valence-electron chi connectivity index (χ3n) is 3.85. The first-order valence-electron chi connectivity index (χ1n) is 7.98. The van der Waals surface area contributed by atoms with Crippen LogP contribution in [0.25, 0.3) is 11.0 Å². The van der Waals surface area contributed by atoms with Crippen molar-refractivity contribution < 1.29 is 9.59 Å². The van der Waals surface area contributed by atoms with Crippen molar-refractivity contribution in [1.82, 2.24) is 20.4 Å². The van der Waals surface area contributed by atoms with Crippen molar-refractivity contribution in [2.75, 3.05) is 0 Å². The van der Waals surface area contributed by atoms with Gasteiger partial charge in [0.2, 0.25) is 0 Å². The quantitative estimate of drug-likeness (QED) is 0.670. The molecule has 0 atom stereocenters. The van der Waals surface area contributed by atoms with Gasteiger partial charge in [-0.1, -0.05) is 42.3 Å². The fraction of sp³-hybridized carbons (Fsp3) is 0.167. The Kier molecular flexibility index (Phi) is 5.44. The highest BCUT2D eigenvalue weighted by Gasteiger charge is 2.13. The number of fused-ring (bicyclic) bond motifs is 1. The number of hydrazine groups is 1. The van der Waals surface area contributed by atoms with Crippen LogP contribution in [0.3, 0.4) is 0 Å². The fourth-order valence-corrected chi connectivity index (χ4v) is 2.89. The Hall–Kier alpha value is -2.57. The first-order chi connectivity index (χ1) is 12.5. The lowest BCUT2D eigenvalue weighted by Crippen LogP contribution is -2.43. The molecule has 0 aliphatic carbocycles. The molecule has 3 rings (SSSR count). The molecule has 0 aliphatic heterocycles. The molecule has 134 valence electrons. The summed E-state index contributed by atoms with van der Waals surface area (Å²) in [5.74, 6) is -0.0449. The lowest BCUT2D eigenvalue weighted by molar-refractivity contribution is -0.122. The van der Waals surface area contributed by atoms with E-state index in [4.69, 9.17) is 23.2 Å². The molecule has 0 unspecified atom stereocenters. The average Bonchev–Trinajstić information content (AvgIpc) is 2.99. The summed E-state index contributed by atoms with van der Waals surface area (Å²) in [6, 6.07) is 12.1. The summed E-state index contributed by atoms with van der Waals surface area (Å²) >= 11 is 11.7. The number of amides is 2. The number of rotatable bonds is 4. The number of nitrogens with one attached hydrogen (secondary N) is 2. The third kappa shape index (κ3) is 3.81. The molecular formula is C18H16Cl2N4O2. The number of aryl methyl sites for hydroxylation is 1. The molecule has 1 aromatic heterocycles. The summed E-state index contributed by atoms with van der Waals surface area (Å²) in [4.78, 5) is 28.9. The van der Waals surface area contributed by atoms with Crippen molar-refractivity contribution in [2.45, 2.75) is 19.9 Å². The van der Waals surface area contributed by atoms with Crippen molar-refractivity contribution in [2.24, 2.45) is 0 Å². The zero-order valence-electron chi connectivity index (χ0n) is 13.9. The summed E-state index contributed by atoms with van der Waals surface area (Å²) in [7, 11) is 0. The van der Waals surface area contributed by atoms with E-state index in [-0.39, 0.29) is 17.5 Å². The normalized spacial score (nSPS) is 10.7. The molecule has 26 heavy (non-hydrogen) atoms. The SMILES string of the molecule is CCc1nc2ccccc2n1CC(=O)NNC(=O)c1ccc(Cl)c(Cl)c1. The van der Waals surface area contributed by atoms with Gasteiger partial charge in [-0.15, -0.1) is 0 Å². The number of hydrogen-bond acceptors (Lipinski definition) is 3. The zero-order chi connectivity index (χ0) is 18.7. The number of aromatic nitrogens is 2. The van der Waals surface area contributed by atoms with Gasteiger partial charge in [-0.25, -0.2) is 4.98 Å². The summed E-state index contributed by atoms with van der Waals surface area (Å²) in [5.41, 5.74) is 6.77. The van der Waals surface area contributed by atoms with Gasteiger partial charge in [0.15, 0.2) is 0 Å². The van der Waals surface area contributed by atoms with E-state index in [1.165, 1.54) is 18.2 Å². The van der Waals surface area contributed by atoms with E-state index in [0.717, 1.165) is 16.9 Å². The second kappa shape index (κ2) is 7.76. The monoisotopic (exact) mass is 390 g/mol. The van der Waals surface area contributed by atoms with E-state index in [2.05, 4.69) is 15.8 Å². The molecule has 1 heterocycles. The molecule has 0 spiro atoms. The predicted octanol–water partition coefficient (Wildman–Crippen LogP) is 3.37. The first kappa shape index (κ1) is 18.2. The third-order valence-corrected chi connectivity index (χ3v) is 4.59. The summed E-state index contributed by atoms with van der Waals surface area (Å²) in [6.45, 7) is 2.02. The maximum absolute atomic E-state index is 12.3. The largest absolute Gasteiger partial charge is 0.318 e. The Morgan fingerprint density at radius 1 is 1.08 bits per heavy atom. The van der Waals surface area contributed by atoms with Crippen LogP contribution in [0.2, 0.25) is 10.0 Å². The lowest BCUT2D eigenvalue weighted by Gasteiger charge is -2.10. The van der Waals surface area contributed by atoms with Crippen LogP contribution in [0.5, 0.6) is 0 Å². The van der Waals surface area contributed by atoms with Gasteiger partial charge in [-0.2, -0.15) is 0 Å². The molecule has 8 heteroatoms. The molecular weight excluding hydrogens is 375 g/mol. The van der Waals surface area contributed by atoms with Crippen LogP contribution in [0.1, 0.15) is 23.1 Å². The van der Waals surface area contributed by atoms with E-state index in [0.29, 0.717) is 17.0 Å². The van der Waals surface area contributed by atoms with Crippen LogP contribution in [-0.2, 0) is 17.8 Å². The Bertz CT molecular complexity index is 984. The van der Waals surface area contributed by atoms with Gasteiger partial charge in [-0.3, -0.25) is 20.4 Å². The number of carbonyl (C=O) groups is 2. The highest BCUT2D eigenvalue weighted by atomic mass is 35.5. The maximum Gasteiger partial charge on any atom is 0.269 e. The van der Waals surface area contributed by atoms with Gasteiger partial charge in [0.1, 0.15) is 12.4 Å². The van der Waals surface area contributed by atoms with Crippen LogP contribution in [0, 0.1) is 0 Å². The molecule has 2 amide bonds. The minimum atomic E-state index is -0.483. The maximum atomic E-state index is 12.3. The van der Waals surface area contributed by atoms with Crippen LogP contribution >= 0.6 is 23.2 Å². The van der Waals surface area contributed by atoms with Gasteiger partial charge < -0.3 is 4.57 Å². The van der Waals surface area contributed by atoms with E-state index in [1.54, 1.807) is 0 Å². The fourth-order valence-electron chi connectivity index (χ4n) is 2.59.